The molecule has 0 saturated carbocycles. The van der Waals surface area contributed by atoms with Gasteiger partial charge < -0.3 is 10.1 Å². The molecule has 0 radical (unpaired) electrons. The van der Waals surface area contributed by atoms with E-state index in [2.05, 4.69) is 5.32 Å². The minimum absolute atomic E-state index is 0.0191. The second-order valence-electron chi connectivity index (χ2n) is 5.83. The topological polar surface area (TPSA) is 89.5 Å². The zero-order chi connectivity index (χ0) is 17.0. The molecule has 2 rings (SSSR count). The van der Waals surface area contributed by atoms with Crippen LogP contribution in [-0.2, 0) is 21.1 Å². The van der Waals surface area contributed by atoms with Crippen molar-refractivity contribution in [2.75, 3.05) is 25.2 Å². The lowest BCUT2D eigenvalue weighted by atomic mass is 10.0. The molecule has 1 aliphatic rings. The minimum Gasteiger partial charge on any atom is -0.496 e. The van der Waals surface area contributed by atoms with Crippen molar-refractivity contribution < 1.29 is 22.7 Å². The number of nitrogens with one attached hydrogen (secondary N) is 1. The van der Waals surface area contributed by atoms with E-state index in [0.717, 1.165) is 0 Å². The van der Waals surface area contributed by atoms with Gasteiger partial charge in [0.2, 0.25) is 5.91 Å². The standard InChI is InChI=1S/C16H21NO5S/c1-11(18)13-3-4-15(22-2)14(7-13)8-16(19)17-9-12-5-6-23(20,21)10-12/h3-4,7,12H,5-6,8-10H2,1-2H3,(H,17,19). The third kappa shape index (κ3) is 4.79. The number of benzene rings is 1. The second kappa shape index (κ2) is 7.12. The van der Waals surface area contributed by atoms with E-state index in [0.29, 0.717) is 29.8 Å². The fraction of sp³-hybridized carbons (Fsp3) is 0.500. The molecule has 0 bridgehead atoms. The van der Waals surface area contributed by atoms with Crippen LogP contribution in [0.25, 0.3) is 0 Å². The summed E-state index contributed by atoms with van der Waals surface area (Å²) in [6.07, 6.45) is 0.676. The van der Waals surface area contributed by atoms with Gasteiger partial charge >= 0.3 is 0 Å². The van der Waals surface area contributed by atoms with Crippen molar-refractivity contribution >= 4 is 21.5 Å². The van der Waals surface area contributed by atoms with Crippen molar-refractivity contribution in [1.82, 2.24) is 5.32 Å². The van der Waals surface area contributed by atoms with Gasteiger partial charge in [-0.15, -0.1) is 0 Å². The fourth-order valence-electron chi connectivity index (χ4n) is 2.66. The van der Waals surface area contributed by atoms with Crippen molar-refractivity contribution in [3.63, 3.8) is 0 Å². The first kappa shape index (κ1) is 17.5. The van der Waals surface area contributed by atoms with Crippen LogP contribution in [0.2, 0.25) is 0 Å². The summed E-state index contributed by atoms with van der Waals surface area (Å²) in [5.74, 6) is 0.570. The molecule has 1 atom stereocenters. The van der Waals surface area contributed by atoms with E-state index in [4.69, 9.17) is 4.74 Å². The van der Waals surface area contributed by atoms with Crippen molar-refractivity contribution in [3.05, 3.63) is 29.3 Å². The zero-order valence-electron chi connectivity index (χ0n) is 13.3. The summed E-state index contributed by atoms with van der Waals surface area (Å²) in [6.45, 7) is 1.82. The summed E-state index contributed by atoms with van der Waals surface area (Å²) in [4.78, 5) is 23.5. The first-order valence-electron chi connectivity index (χ1n) is 7.45. The van der Waals surface area contributed by atoms with E-state index in [9.17, 15) is 18.0 Å². The van der Waals surface area contributed by atoms with Gasteiger partial charge in [-0.2, -0.15) is 0 Å². The van der Waals surface area contributed by atoms with Crippen LogP contribution in [0.4, 0.5) is 0 Å². The molecule has 1 fully saturated rings. The maximum atomic E-state index is 12.1. The number of carbonyl (C=O) groups is 2. The maximum absolute atomic E-state index is 12.1. The Morgan fingerprint density at radius 2 is 2.09 bits per heavy atom. The highest BCUT2D eigenvalue weighted by Gasteiger charge is 2.27. The quantitative estimate of drug-likeness (QED) is 0.781. The van der Waals surface area contributed by atoms with Gasteiger partial charge in [0.1, 0.15) is 5.75 Å². The van der Waals surface area contributed by atoms with Crippen LogP contribution in [0, 0.1) is 5.92 Å². The molecule has 1 amide bonds. The lowest BCUT2D eigenvalue weighted by Gasteiger charge is -2.12. The highest BCUT2D eigenvalue weighted by Crippen LogP contribution is 2.21. The molecule has 1 aliphatic heterocycles. The third-order valence-corrected chi connectivity index (χ3v) is 5.79. The molecule has 1 saturated heterocycles. The molecule has 0 spiro atoms. The summed E-state index contributed by atoms with van der Waals surface area (Å²) >= 11 is 0. The Bertz CT molecular complexity index is 711. The van der Waals surface area contributed by atoms with Crippen molar-refractivity contribution in [2.45, 2.75) is 19.8 Å². The van der Waals surface area contributed by atoms with Crippen molar-refractivity contribution in [1.29, 1.82) is 0 Å². The number of hydrogen-bond donors (Lipinski definition) is 1. The average Bonchev–Trinajstić information content (AvgIpc) is 2.84. The summed E-state index contributed by atoms with van der Waals surface area (Å²) in [5, 5.41) is 2.77. The first-order valence-corrected chi connectivity index (χ1v) is 9.28. The van der Waals surface area contributed by atoms with E-state index in [1.165, 1.54) is 14.0 Å². The number of amides is 1. The summed E-state index contributed by atoms with van der Waals surface area (Å²) in [5.41, 5.74) is 1.16. The SMILES string of the molecule is COc1ccc(C(C)=O)cc1CC(=O)NCC1CCS(=O)(=O)C1. The highest BCUT2D eigenvalue weighted by molar-refractivity contribution is 7.91. The van der Waals surface area contributed by atoms with Gasteiger partial charge in [-0.25, -0.2) is 8.42 Å². The third-order valence-electron chi connectivity index (χ3n) is 3.95. The molecule has 1 unspecified atom stereocenters. The molecular weight excluding hydrogens is 318 g/mol. The Hall–Kier alpha value is -1.89. The molecule has 6 nitrogen and oxygen atoms in total. The van der Waals surface area contributed by atoms with Gasteiger partial charge in [0.05, 0.1) is 25.0 Å². The molecule has 0 aromatic heterocycles. The van der Waals surface area contributed by atoms with Crippen LogP contribution in [0.1, 0.15) is 29.3 Å². The fourth-order valence-corrected chi connectivity index (χ4v) is 4.52. The molecule has 1 N–H and O–H groups in total. The average molecular weight is 339 g/mol. The summed E-state index contributed by atoms with van der Waals surface area (Å²) < 4.78 is 28.0. The van der Waals surface area contributed by atoms with E-state index in [1.807, 2.05) is 0 Å². The summed E-state index contributed by atoms with van der Waals surface area (Å²) in [7, 11) is -1.43. The predicted octanol–water partition coefficient (Wildman–Crippen LogP) is 0.991. The molecule has 126 valence electrons. The van der Waals surface area contributed by atoms with Crippen LogP contribution in [0.15, 0.2) is 18.2 Å². The lowest BCUT2D eigenvalue weighted by molar-refractivity contribution is -0.120. The number of ketones is 1. The normalized spacial score (nSPS) is 19.3. The van der Waals surface area contributed by atoms with E-state index < -0.39 is 9.84 Å². The molecular formula is C16H21NO5S. The number of methoxy groups -OCH3 is 1. The van der Waals surface area contributed by atoms with Crippen LogP contribution in [-0.4, -0.2) is 45.3 Å². The largest absolute Gasteiger partial charge is 0.496 e. The van der Waals surface area contributed by atoms with Crippen LogP contribution in [0.3, 0.4) is 0 Å². The minimum atomic E-state index is -2.94. The predicted molar refractivity (Wildman–Crippen MR) is 86.5 cm³/mol. The van der Waals surface area contributed by atoms with Gasteiger partial charge in [0.25, 0.3) is 0 Å². The molecule has 7 heteroatoms. The number of hydrogen-bond acceptors (Lipinski definition) is 5. The van der Waals surface area contributed by atoms with Crippen LogP contribution < -0.4 is 10.1 Å². The Morgan fingerprint density at radius 1 is 1.35 bits per heavy atom. The van der Waals surface area contributed by atoms with Gasteiger partial charge in [-0.3, -0.25) is 9.59 Å². The van der Waals surface area contributed by atoms with Crippen LogP contribution >= 0.6 is 0 Å². The number of carbonyl (C=O) groups excluding carboxylic acids is 2. The van der Waals surface area contributed by atoms with Crippen molar-refractivity contribution in [2.24, 2.45) is 5.92 Å². The Kier molecular flexibility index (Phi) is 5.41. The van der Waals surface area contributed by atoms with E-state index in [1.54, 1.807) is 18.2 Å². The number of sulfone groups is 1. The zero-order valence-corrected chi connectivity index (χ0v) is 14.1. The monoisotopic (exact) mass is 339 g/mol. The van der Waals surface area contributed by atoms with E-state index >= 15 is 0 Å². The number of Topliss-reactive ketones (excluding diaryl/α,β-unsaturated/α-hetero) is 1. The van der Waals surface area contributed by atoms with Gasteiger partial charge in [-0.05, 0) is 37.5 Å². The van der Waals surface area contributed by atoms with Gasteiger partial charge in [-0.1, -0.05) is 0 Å². The van der Waals surface area contributed by atoms with Crippen molar-refractivity contribution in [3.8, 4) is 5.75 Å². The Morgan fingerprint density at radius 3 is 2.65 bits per heavy atom. The van der Waals surface area contributed by atoms with Gasteiger partial charge in [0, 0.05) is 17.7 Å². The highest BCUT2D eigenvalue weighted by atomic mass is 32.2. The van der Waals surface area contributed by atoms with Gasteiger partial charge in [0.15, 0.2) is 15.6 Å². The molecule has 0 aliphatic carbocycles. The molecule has 1 aromatic carbocycles. The molecule has 1 heterocycles. The number of ether oxygens (including phenoxy) is 1. The lowest BCUT2D eigenvalue weighted by Crippen LogP contribution is -2.31. The first-order chi connectivity index (χ1) is 10.8. The van der Waals surface area contributed by atoms with Crippen LogP contribution in [0.5, 0.6) is 5.75 Å². The number of rotatable bonds is 6. The Balaban J connectivity index is 1.97. The summed E-state index contributed by atoms with van der Waals surface area (Å²) in [6, 6.07) is 4.98. The second-order valence-corrected chi connectivity index (χ2v) is 8.06. The van der Waals surface area contributed by atoms with E-state index in [-0.39, 0.29) is 35.5 Å². The molecule has 1 aromatic rings. The Labute approximate surface area is 136 Å². The maximum Gasteiger partial charge on any atom is 0.224 e. The smallest absolute Gasteiger partial charge is 0.224 e. The molecule has 23 heavy (non-hydrogen) atoms.